The second kappa shape index (κ2) is 19.9. The van der Waals surface area contributed by atoms with Crippen LogP contribution < -0.4 is 31.6 Å². The number of nitrogens with zero attached hydrogens (tertiary/aromatic N) is 8. The molecule has 0 saturated carbocycles. The number of piperidine rings is 1. The van der Waals surface area contributed by atoms with E-state index in [4.69, 9.17) is 30.9 Å². The average Bonchev–Trinajstić information content (AvgIpc) is 4.04. The minimum absolute atomic E-state index is 0.169. The summed E-state index contributed by atoms with van der Waals surface area (Å²) in [6.45, 7) is 16.0. The molecule has 1 aliphatic heterocycles. The Morgan fingerprint density at radius 3 is 2.06 bits per heavy atom. The van der Waals surface area contributed by atoms with Gasteiger partial charge in [0.15, 0.2) is 0 Å². The first-order chi connectivity index (χ1) is 30.4. The Hall–Kier alpha value is -6.10. The first kappa shape index (κ1) is 44.9. The Labute approximate surface area is 368 Å². The molecular weight excluding hydrogens is 797 g/mol. The molecule has 2 atom stereocenters. The number of carbonyl (C=O) groups excluding carboxylic acids is 2. The summed E-state index contributed by atoms with van der Waals surface area (Å²) in [6, 6.07) is 10.9. The number of anilines is 1. The van der Waals surface area contributed by atoms with E-state index in [2.05, 4.69) is 25.4 Å². The van der Waals surface area contributed by atoms with Crippen molar-refractivity contribution in [3.8, 4) is 11.5 Å². The van der Waals surface area contributed by atoms with Gasteiger partial charge in [-0.25, -0.2) is 9.97 Å². The van der Waals surface area contributed by atoms with Crippen LogP contribution in [0.2, 0.25) is 0 Å². The highest BCUT2D eigenvalue weighted by Crippen LogP contribution is 2.34. The number of nitrogens with one attached hydrogen (secondary N) is 2. The number of nitrogens with two attached hydrogens (primary N) is 2. The quantitative estimate of drug-likeness (QED) is 0.0282. The van der Waals surface area contributed by atoms with Gasteiger partial charge in [-0.05, 0) is 146 Å². The number of fused-ring (bicyclic) bond motifs is 2. The first-order valence-corrected chi connectivity index (χ1v) is 22.1. The largest absolute Gasteiger partial charge is 0.494 e. The van der Waals surface area contributed by atoms with E-state index in [1.54, 1.807) is 40.8 Å². The van der Waals surface area contributed by atoms with Gasteiger partial charge in [-0.15, -0.1) is 0 Å². The summed E-state index contributed by atoms with van der Waals surface area (Å²) in [5.41, 5.74) is 19.9. The van der Waals surface area contributed by atoms with Crippen molar-refractivity contribution >= 4 is 45.8 Å². The van der Waals surface area contributed by atoms with E-state index in [1.165, 1.54) is 12.8 Å². The van der Waals surface area contributed by atoms with E-state index in [-0.39, 0.29) is 23.8 Å². The SMILES string of the molecule is CCn1nc(C)cc1C(=O)/C=C\c1nc2cc(C(C)N)cc(OCCCC3CCNCC3)c2n1C/C=C/Cn1c(NC(=O)c2cc(C)nn2CC)nc2cc(C(C)N)cc(OC)c21. The highest BCUT2D eigenvalue weighted by Gasteiger charge is 2.22. The minimum atomic E-state index is -0.327. The maximum absolute atomic E-state index is 13.8. The van der Waals surface area contributed by atoms with Crippen molar-refractivity contribution in [3.63, 3.8) is 0 Å². The maximum Gasteiger partial charge on any atom is 0.276 e. The number of aryl methyl sites for hydroxylation is 4. The molecule has 1 saturated heterocycles. The second-order valence-corrected chi connectivity index (χ2v) is 16.5. The summed E-state index contributed by atoms with van der Waals surface area (Å²) in [6.07, 6.45) is 11.8. The summed E-state index contributed by atoms with van der Waals surface area (Å²) in [5.74, 6) is 2.40. The van der Waals surface area contributed by atoms with Crippen LogP contribution >= 0.6 is 0 Å². The van der Waals surface area contributed by atoms with Crippen LogP contribution in [0.3, 0.4) is 0 Å². The lowest BCUT2D eigenvalue weighted by Crippen LogP contribution is -2.27. The van der Waals surface area contributed by atoms with Crippen LogP contribution in [0.1, 0.15) is 115 Å². The third-order valence-corrected chi connectivity index (χ3v) is 11.7. The molecule has 0 bridgehead atoms. The molecule has 0 spiro atoms. The number of ether oxygens (including phenoxy) is 2. The molecule has 2 unspecified atom stereocenters. The zero-order valence-corrected chi connectivity index (χ0v) is 37.6. The molecule has 4 aromatic heterocycles. The number of carbonyl (C=O) groups is 2. The van der Waals surface area contributed by atoms with E-state index in [1.807, 2.05) is 82.5 Å². The van der Waals surface area contributed by atoms with Gasteiger partial charge < -0.3 is 35.4 Å². The standard InChI is InChI=1S/C47H62N12O4/c1-8-58-38(23-29(3)54-58)40(60)14-15-43-51-36-25-35(32(6)49)28-42(63-22-12-13-33-16-18-50-19-17-33)45(36)56(43)20-10-11-21-57-44-37(26-34(31(5)48)27-41(44)62-7)52-47(57)53-46(61)39-24-30(4)55-59(39)9-2/h10-11,14-15,23-28,31-33,50H,8-9,12-13,16-22,48-49H2,1-7H3,(H,52,53,61)/b11-10+,15-14-. The monoisotopic (exact) mass is 859 g/mol. The molecule has 16 nitrogen and oxygen atoms in total. The summed E-state index contributed by atoms with van der Waals surface area (Å²) in [4.78, 5) is 37.3. The highest BCUT2D eigenvalue weighted by molar-refractivity contribution is 6.06. The highest BCUT2D eigenvalue weighted by atomic mass is 16.5. The Bertz CT molecular complexity index is 2640. The summed E-state index contributed by atoms with van der Waals surface area (Å²) in [5, 5.41) is 15.4. The lowest BCUT2D eigenvalue weighted by Gasteiger charge is -2.22. The minimum Gasteiger partial charge on any atom is -0.494 e. The van der Waals surface area contributed by atoms with Crippen molar-refractivity contribution in [2.24, 2.45) is 17.4 Å². The fourth-order valence-electron chi connectivity index (χ4n) is 8.34. The fraction of sp³-hybridized carbons (Fsp3) is 0.447. The molecular formula is C47H62N12O4. The van der Waals surface area contributed by atoms with E-state index < -0.39 is 0 Å². The predicted octanol–water partition coefficient (Wildman–Crippen LogP) is 7.05. The molecule has 2 aromatic carbocycles. The summed E-state index contributed by atoms with van der Waals surface area (Å²) in [7, 11) is 1.61. The lowest BCUT2D eigenvalue weighted by molar-refractivity contribution is 0.101. The van der Waals surface area contributed by atoms with Crippen LogP contribution in [0.4, 0.5) is 5.95 Å². The third kappa shape index (κ3) is 10.1. The maximum atomic E-state index is 13.8. The van der Waals surface area contributed by atoms with E-state index in [9.17, 15) is 9.59 Å². The molecule has 5 heterocycles. The topological polar surface area (TPSA) is 200 Å². The predicted molar refractivity (Wildman–Crippen MR) is 247 cm³/mol. The second-order valence-electron chi connectivity index (χ2n) is 16.5. The number of benzene rings is 2. The van der Waals surface area contributed by atoms with Crippen LogP contribution in [0.25, 0.3) is 28.1 Å². The average molecular weight is 859 g/mol. The normalized spacial score (nSPS) is 14.7. The zero-order chi connectivity index (χ0) is 44.8. The van der Waals surface area contributed by atoms with Crippen molar-refractivity contribution in [1.29, 1.82) is 0 Å². The fourth-order valence-corrected chi connectivity index (χ4v) is 8.34. The van der Waals surface area contributed by atoms with E-state index >= 15 is 0 Å². The Morgan fingerprint density at radius 2 is 1.43 bits per heavy atom. The smallest absolute Gasteiger partial charge is 0.276 e. The third-order valence-electron chi connectivity index (χ3n) is 11.7. The number of rotatable bonds is 19. The molecule has 7 rings (SSSR count). The van der Waals surface area contributed by atoms with E-state index in [0.717, 1.165) is 59.5 Å². The lowest BCUT2D eigenvalue weighted by atomic mass is 9.93. The number of hydrogen-bond acceptors (Lipinski definition) is 11. The zero-order valence-electron chi connectivity index (χ0n) is 37.6. The van der Waals surface area contributed by atoms with Gasteiger partial charge in [0.25, 0.3) is 5.91 Å². The molecule has 6 N–H and O–H groups in total. The molecule has 0 radical (unpaired) electrons. The number of imidazole rings is 2. The van der Waals surface area contributed by atoms with Gasteiger partial charge in [-0.1, -0.05) is 12.2 Å². The van der Waals surface area contributed by atoms with Gasteiger partial charge in [0.05, 0.1) is 36.1 Å². The number of amides is 1. The number of hydrogen-bond donors (Lipinski definition) is 4. The number of aromatic nitrogens is 8. The van der Waals surface area contributed by atoms with Gasteiger partial charge in [-0.2, -0.15) is 10.2 Å². The number of methoxy groups -OCH3 is 1. The Morgan fingerprint density at radius 1 is 0.841 bits per heavy atom. The van der Waals surface area contributed by atoms with Gasteiger partial charge in [-0.3, -0.25) is 24.3 Å². The van der Waals surface area contributed by atoms with Crippen LogP contribution in [-0.4, -0.2) is 77.2 Å². The van der Waals surface area contributed by atoms with Crippen molar-refractivity contribution in [2.45, 2.75) is 105 Å². The molecule has 0 aliphatic carbocycles. The Kier molecular flexibility index (Phi) is 14.2. The molecule has 1 aliphatic rings. The van der Waals surface area contributed by atoms with Crippen molar-refractivity contribution in [2.75, 3.05) is 32.1 Å². The van der Waals surface area contributed by atoms with E-state index in [0.29, 0.717) is 84.4 Å². The van der Waals surface area contributed by atoms with Crippen LogP contribution in [0.15, 0.2) is 54.6 Å². The molecule has 6 aromatic rings. The molecule has 334 valence electrons. The van der Waals surface area contributed by atoms with Crippen LogP contribution in [0.5, 0.6) is 11.5 Å². The van der Waals surface area contributed by atoms with Crippen LogP contribution in [-0.2, 0) is 26.2 Å². The van der Waals surface area contributed by atoms with Gasteiger partial charge in [0, 0.05) is 38.3 Å². The van der Waals surface area contributed by atoms with Crippen LogP contribution in [0, 0.1) is 19.8 Å². The van der Waals surface area contributed by atoms with Gasteiger partial charge in [0.2, 0.25) is 11.7 Å². The Balaban J connectivity index is 1.25. The van der Waals surface area contributed by atoms with Crippen molar-refractivity contribution in [1.82, 2.24) is 44.0 Å². The molecule has 1 amide bonds. The van der Waals surface area contributed by atoms with Gasteiger partial charge >= 0.3 is 0 Å². The number of allylic oxidation sites excluding steroid dienone is 3. The van der Waals surface area contributed by atoms with Crippen molar-refractivity contribution in [3.05, 3.63) is 94.4 Å². The summed E-state index contributed by atoms with van der Waals surface area (Å²) >= 11 is 0. The number of ketones is 1. The summed E-state index contributed by atoms with van der Waals surface area (Å²) < 4.78 is 19.9. The van der Waals surface area contributed by atoms with Gasteiger partial charge in [0.1, 0.15) is 39.7 Å². The first-order valence-electron chi connectivity index (χ1n) is 22.1. The van der Waals surface area contributed by atoms with Crippen molar-refractivity contribution < 1.29 is 19.1 Å². The molecule has 63 heavy (non-hydrogen) atoms. The molecule has 1 fully saturated rings. The molecule has 16 heteroatoms.